The maximum atomic E-state index is 12.5. The summed E-state index contributed by atoms with van der Waals surface area (Å²) in [5.74, 6) is 0.948. The van der Waals surface area contributed by atoms with Gasteiger partial charge < -0.3 is 19.8 Å². The molecule has 1 atom stereocenters. The SMILES string of the molecule is CCC(Sc1nccc(=O)[nH]1)C(=O)Nc1ccc(OC)cc1OC. The van der Waals surface area contributed by atoms with E-state index in [1.807, 2.05) is 6.92 Å². The van der Waals surface area contributed by atoms with E-state index in [9.17, 15) is 9.59 Å². The van der Waals surface area contributed by atoms with Crippen LogP contribution in [0.15, 0.2) is 40.4 Å². The van der Waals surface area contributed by atoms with Gasteiger partial charge in [0, 0.05) is 18.3 Å². The van der Waals surface area contributed by atoms with Gasteiger partial charge in [-0.15, -0.1) is 0 Å². The van der Waals surface area contributed by atoms with Crippen LogP contribution in [0.3, 0.4) is 0 Å². The molecule has 0 aliphatic carbocycles. The van der Waals surface area contributed by atoms with Crippen molar-refractivity contribution in [2.45, 2.75) is 23.8 Å². The van der Waals surface area contributed by atoms with Crippen molar-refractivity contribution in [3.8, 4) is 11.5 Å². The number of anilines is 1. The molecule has 0 bridgehead atoms. The molecular weight excluding hydrogens is 330 g/mol. The van der Waals surface area contributed by atoms with Crippen molar-refractivity contribution in [3.63, 3.8) is 0 Å². The smallest absolute Gasteiger partial charge is 0.251 e. The van der Waals surface area contributed by atoms with Crippen LogP contribution in [-0.2, 0) is 4.79 Å². The fourth-order valence-corrected chi connectivity index (χ4v) is 2.87. The van der Waals surface area contributed by atoms with E-state index in [0.717, 1.165) is 0 Å². The maximum Gasteiger partial charge on any atom is 0.251 e. The molecule has 128 valence electrons. The van der Waals surface area contributed by atoms with Crippen LogP contribution in [-0.4, -0.2) is 35.3 Å². The Bertz CT molecular complexity index is 763. The second-order valence-electron chi connectivity index (χ2n) is 4.81. The van der Waals surface area contributed by atoms with Crippen LogP contribution in [0.25, 0.3) is 0 Å². The highest BCUT2D eigenvalue weighted by Crippen LogP contribution is 2.30. The van der Waals surface area contributed by atoms with E-state index in [1.165, 1.54) is 31.1 Å². The first-order valence-electron chi connectivity index (χ1n) is 7.32. The Morgan fingerprint density at radius 2 is 2.12 bits per heavy atom. The molecule has 0 saturated carbocycles. The van der Waals surface area contributed by atoms with E-state index in [0.29, 0.717) is 28.8 Å². The number of hydrogen-bond acceptors (Lipinski definition) is 6. The number of methoxy groups -OCH3 is 2. The molecule has 7 nitrogen and oxygen atoms in total. The van der Waals surface area contributed by atoms with Gasteiger partial charge in [-0.3, -0.25) is 9.59 Å². The predicted octanol–water partition coefficient (Wildman–Crippen LogP) is 2.30. The molecule has 0 radical (unpaired) electrons. The number of ether oxygens (including phenoxy) is 2. The highest BCUT2D eigenvalue weighted by Gasteiger charge is 2.20. The number of thioether (sulfide) groups is 1. The Balaban J connectivity index is 2.13. The van der Waals surface area contributed by atoms with Crippen LogP contribution >= 0.6 is 11.8 Å². The van der Waals surface area contributed by atoms with Crippen molar-refractivity contribution in [2.24, 2.45) is 0 Å². The van der Waals surface area contributed by atoms with Gasteiger partial charge in [-0.05, 0) is 18.6 Å². The van der Waals surface area contributed by atoms with Crippen LogP contribution in [0, 0.1) is 0 Å². The molecule has 0 aliphatic heterocycles. The number of rotatable bonds is 7. The zero-order chi connectivity index (χ0) is 17.5. The lowest BCUT2D eigenvalue weighted by Gasteiger charge is -2.16. The summed E-state index contributed by atoms with van der Waals surface area (Å²) in [6.45, 7) is 1.89. The normalized spacial score (nSPS) is 11.6. The molecule has 2 rings (SSSR count). The van der Waals surface area contributed by atoms with Crippen molar-refractivity contribution in [3.05, 3.63) is 40.8 Å². The van der Waals surface area contributed by atoms with Crippen LogP contribution in [0.5, 0.6) is 11.5 Å². The standard InChI is InChI=1S/C16H19N3O4S/c1-4-13(24-16-17-8-7-14(20)19-16)15(21)18-11-6-5-10(22-2)9-12(11)23-3/h5-9,13H,4H2,1-3H3,(H,18,21)(H,17,19,20). The van der Waals surface area contributed by atoms with Gasteiger partial charge in [0.05, 0.1) is 25.2 Å². The minimum absolute atomic E-state index is 0.197. The number of nitrogens with one attached hydrogen (secondary N) is 2. The number of nitrogens with zero attached hydrogens (tertiary/aromatic N) is 1. The number of carbonyl (C=O) groups is 1. The summed E-state index contributed by atoms with van der Waals surface area (Å²) < 4.78 is 10.4. The second kappa shape index (κ2) is 8.39. The van der Waals surface area contributed by atoms with Crippen molar-refractivity contribution >= 4 is 23.4 Å². The van der Waals surface area contributed by atoms with Gasteiger partial charge in [0.25, 0.3) is 5.56 Å². The summed E-state index contributed by atoms with van der Waals surface area (Å²) in [6, 6.07) is 6.48. The van der Waals surface area contributed by atoms with Gasteiger partial charge in [-0.25, -0.2) is 4.98 Å². The third-order valence-corrected chi connectivity index (χ3v) is 4.49. The van der Waals surface area contributed by atoms with Gasteiger partial charge in [0.15, 0.2) is 5.16 Å². The first-order valence-corrected chi connectivity index (χ1v) is 8.20. The summed E-state index contributed by atoms with van der Waals surface area (Å²) in [7, 11) is 3.08. The van der Waals surface area contributed by atoms with Gasteiger partial charge in [0.1, 0.15) is 11.5 Å². The third kappa shape index (κ3) is 4.51. The van der Waals surface area contributed by atoms with Gasteiger partial charge in [-0.1, -0.05) is 18.7 Å². The van der Waals surface area contributed by atoms with E-state index >= 15 is 0 Å². The Labute approximate surface area is 143 Å². The number of amides is 1. The number of hydrogen-bond donors (Lipinski definition) is 2. The summed E-state index contributed by atoms with van der Waals surface area (Å²) in [5.41, 5.74) is 0.302. The molecule has 2 N–H and O–H groups in total. The Morgan fingerprint density at radius 1 is 1.33 bits per heavy atom. The zero-order valence-corrected chi connectivity index (χ0v) is 14.5. The molecule has 0 aliphatic rings. The number of benzene rings is 1. The van der Waals surface area contributed by atoms with E-state index in [-0.39, 0.29) is 11.5 Å². The number of carbonyl (C=O) groups excluding carboxylic acids is 1. The molecule has 0 saturated heterocycles. The molecule has 1 aromatic carbocycles. The van der Waals surface area contributed by atoms with Crippen LogP contribution in [0.1, 0.15) is 13.3 Å². The van der Waals surface area contributed by atoms with Crippen molar-refractivity contribution in [1.29, 1.82) is 0 Å². The Morgan fingerprint density at radius 3 is 2.75 bits per heavy atom. The van der Waals surface area contributed by atoms with Crippen LogP contribution in [0.2, 0.25) is 0 Å². The largest absolute Gasteiger partial charge is 0.497 e. The number of aromatic nitrogens is 2. The average molecular weight is 349 g/mol. The number of H-pyrrole nitrogens is 1. The van der Waals surface area contributed by atoms with Crippen LogP contribution < -0.4 is 20.3 Å². The summed E-state index contributed by atoms with van der Waals surface area (Å²) in [5, 5.41) is 2.85. The second-order valence-corrected chi connectivity index (χ2v) is 6.00. The minimum atomic E-state index is -0.401. The monoisotopic (exact) mass is 349 g/mol. The van der Waals surface area contributed by atoms with Gasteiger partial charge in [0.2, 0.25) is 5.91 Å². The van der Waals surface area contributed by atoms with E-state index in [2.05, 4.69) is 15.3 Å². The maximum absolute atomic E-state index is 12.5. The molecule has 1 unspecified atom stereocenters. The quantitative estimate of drug-likeness (QED) is 0.588. The first-order chi connectivity index (χ1) is 11.6. The number of aromatic amines is 1. The summed E-state index contributed by atoms with van der Waals surface area (Å²) >= 11 is 1.21. The molecule has 1 amide bonds. The lowest BCUT2D eigenvalue weighted by molar-refractivity contribution is -0.115. The highest BCUT2D eigenvalue weighted by atomic mass is 32.2. The first kappa shape index (κ1) is 17.9. The molecule has 2 aromatic rings. The zero-order valence-electron chi connectivity index (χ0n) is 13.7. The van der Waals surface area contributed by atoms with Crippen molar-refractivity contribution in [2.75, 3.05) is 19.5 Å². The topological polar surface area (TPSA) is 93.3 Å². The van der Waals surface area contributed by atoms with E-state index in [4.69, 9.17) is 9.47 Å². The molecule has 0 fully saturated rings. The average Bonchev–Trinajstić information content (AvgIpc) is 2.59. The van der Waals surface area contributed by atoms with E-state index < -0.39 is 5.25 Å². The molecule has 24 heavy (non-hydrogen) atoms. The van der Waals surface area contributed by atoms with Gasteiger partial charge in [-0.2, -0.15) is 0 Å². The lowest BCUT2D eigenvalue weighted by atomic mass is 10.2. The van der Waals surface area contributed by atoms with Crippen LogP contribution in [0.4, 0.5) is 5.69 Å². The van der Waals surface area contributed by atoms with Crippen molar-refractivity contribution < 1.29 is 14.3 Å². The Hall–Kier alpha value is -2.48. The fourth-order valence-electron chi connectivity index (χ4n) is 1.98. The highest BCUT2D eigenvalue weighted by molar-refractivity contribution is 8.00. The van der Waals surface area contributed by atoms with E-state index in [1.54, 1.807) is 25.3 Å². The van der Waals surface area contributed by atoms with Crippen molar-refractivity contribution in [1.82, 2.24) is 9.97 Å². The Kier molecular flexibility index (Phi) is 6.25. The third-order valence-electron chi connectivity index (χ3n) is 3.23. The predicted molar refractivity (Wildman–Crippen MR) is 93.0 cm³/mol. The summed E-state index contributed by atoms with van der Waals surface area (Å²) in [4.78, 5) is 30.5. The molecule has 1 heterocycles. The molecule has 8 heteroatoms. The molecular formula is C16H19N3O4S. The fraction of sp³-hybridized carbons (Fsp3) is 0.312. The molecule has 0 spiro atoms. The minimum Gasteiger partial charge on any atom is -0.497 e. The van der Waals surface area contributed by atoms with Gasteiger partial charge >= 0.3 is 0 Å². The summed E-state index contributed by atoms with van der Waals surface area (Å²) in [6.07, 6.45) is 1.99. The molecule has 1 aromatic heterocycles. The lowest BCUT2D eigenvalue weighted by Crippen LogP contribution is -2.25.